The van der Waals surface area contributed by atoms with Gasteiger partial charge in [-0.05, 0) is 45.8 Å². The first-order valence-electron chi connectivity index (χ1n) is 16.3. The van der Waals surface area contributed by atoms with Gasteiger partial charge in [-0.25, -0.2) is 19.9 Å². The lowest BCUT2D eigenvalue weighted by molar-refractivity contribution is 0.672. The fourth-order valence-electron chi connectivity index (χ4n) is 6.98. The number of pyridine rings is 1. The molecule has 10 rings (SSSR count). The predicted octanol–water partition coefficient (Wildman–Crippen LogP) is 11.3. The van der Waals surface area contributed by atoms with Crippen LogP contribution in [-0.2, 0) is 0 Å². The predicted molar refractivity (Wildman–Crippen MR) is 199 cm³/mol. The maximum absolute atomic E-state index is 6.42. The molecule has 3 aromatic heterocycles. The van der Waals surface area contributed by atoms with Gasteiger partial charge in [0.1, 0.15) is 11.2 Å². The van der Waals surface area contributed by atoms with Crippen LogP contribution in [0, 0.1) is 0 Å². The van der Waals surface area contributed by atoms with E-state index in [2.05, 4.69) is 91.0 Å². The van der Waals surface area contributed by atoms with Crippen LogP contribution in [0.4, 0.5) is 0 Å². The lowest BCUT2D eigenvalue weighted by Crippen LogP contribution is -2.00. The van der Waals surface area contributed by atoms with Crippen LogP contribution in [0.25, 0.3) is 99.8 Å². The molecule has 0 aliphatic carbocycles. The lowest BCUT2D eigenvalue weighted by atomic mass is 9.97. The molecule has 0 amide bonds. The van der Waals surface area contributed by atoms with E-state index in [1.807, 2.05) is 66.7 Å². The Morgan fingerprint density at radius 1 is 0.388 bits per heavy atom. The summed E-state index contributed by atoms with van der Waals surface area (Å²) in [5, 5.41) is 7.68. The molecule has 0 saturated heterocycles. The standard InChI is InChI=1S/C44H26N4O/c1-2-12-28(13-3-1)42-46-43(48-44(47-42)36-26-30-14-4-5-15-31(30)32-16-6-7-17-33(32)36)29-24-22-27(23-25-29)40-39-35-19-9-11-21-38(35)49-41(39)34-18-8-10-20-37(34)45-40/h1-26H. The number of para-hydroxylation sites is 2. The summed E-state index contributed by atoms with van der Waals surface area (Å²) in [7, 11) is 0. The normalized spacial score (nSPS) is 11.7. The zero-order valence-corrected chi connectivity index (χ0v) is 26.2. The van der Waals surface area contributed by atoms with Gasteiger partial charge in [-0.1, -0.05) is 133 Å². The molecule has 0 N–H and O–H groups in total. The summed E-state index contributed by atoms with van der Waals surface area (Å²) in [6, 6.07) is 53.9. The van der Waals surface area contributed by atoms with Gasteiger partial charge in [0.05, 0.1) is 16.6 Å². The number of furan rings is 1. The van der Waals surface area contributed by atoms with Gasteiger partial charge in [0, 0.05) is 33.0 Å². The van der Waals surface area contributed by atoms with E-state index in [-0.39, 0.29) is 0 Å². The second kappa shape index (κ2) is 10.9. The molecule has 0 saturated carbocycles. The fourth-order valence-corrected chi connectivity index (χ4v) is 6.98. The molecule has 0 spiro atoms. The van der Waals surface area contributed by atoms with Crippen molar-refractivity contribution in [2.75, 3.05) is 0 Å². The third kappa shape index (κ3) is 4.48. The average Bonchev–Trinajstić information content (AvgIpc) is 3.58. The average molecular weight is 627 g/mol. The molecule has 10 aromatic rings. The molecule has 0 aliphatic heterocycles. The van der Waals surface area contributed by atoms with Crippen LogP contribution in [0.5, 0.6) is 0 Å². The first-order valence-corrected chi connectivity index (χ1v) is 16.3. The molecule has 228 valence electrons. The minimum absolute atomic E-state index is 0.609. The van der Waals surface area contributed by atoms with E-state index in [0.29, 0.717) is 17.5 Å². The Hall–Kier alpha value is -6.72. The molecule has 7 aromatic carbocycles. The number of hydrogen-bond acceptors (Lipinski definition) is 5. The Morgan fingerprint density at radius 3 is 1.76 bits per heavy atom. The minimum Gasteiger partial charge on any atom is -0.455 e. The van der Waals surface area contributed by atoms with Gasteiger partial charge in [0.15, 0.2) is 17.5 Å². The molecule has 0 aliphatic rings. The number of benzene rings is 7. The molecule has 0 unspecified atom stereocenters. The van der Waals surface area contributed by atoms with Crippen LogP contribution in [0.1, 0.15) is 0 Å². The highest BCUT2D eigenvalue weighted by molar-refractivity contribution is 6.19. The molecule has 3 heterocycles. The van der Waals surface area contributed by atoms with E-state index in [0.717, 1.165) is 71.6 Å². The lowest BCUT2D eigenvalue weighted by Gasteiger charge is -2.12. The summed E-state index contributed by atoms with van der Waals surface area (Å²) in [6.07, 6.45) is 0. The molecular formula is C44H26N4O. The topological polar surface area (TPSA) is 64.7 Å². The van der Waals surface area contributed by atoms with Crippen molar-refractivity contribution >= 4 is 54.4 Å². The molecule has 5 nitrogen and oxygen atoms in total. The second-order valence-electron chi connectivity index (χ2n) is 12.2. The van der Waals surface area contributed by atoms with Gasteiger partial charge in [-0.3, -0.25) is 0 Å². The molecule has 0 atom stereocenters. The molecule has 0 fully saturated rings. The molecular weight excluding hydrogens is 601 g/mol. The largest absolute Gasteiger partial charge is 0.455 e. The summed E-state index contributed by atoms with van der Waals surface area (Å²) in [5.41, 5.74) is 7.27. The second-order valence-corrected chi connectivity index (χ2v) is 12.2. The number of fused-ring (bicyclic) bond motifs is 8. The van der Waals surface area contributed by atoms with E-state index in [1.165, 1.54) is 10.8 Å². The quantitative estimate of drug-likeness (QED) is 0.182. The Morgan fingerprint density at radius 2 is 0.959 bits per heavy atom. The van der Waals surface area contributed by atoms with Crippen LogP contribution in [0.3, 0.4) is 0 Å². The molecule has 5 heteroatoms. The third-order valence-electron chi connectivity index (χ3n) is 9.31. The van der Waals surface area contributed by atoms with Crippen LogP contribution in [0.2, 0.25) is 0 Å². The fraction of sp³-hybridized carbons (Fsp3) is 0. The third-order valence-corrected chi connectivity index (χ3v) is 9.31. The first-order chi connectivity index (χ1) is 24.3. The minimum atomic E-state index is 0.609. The highest BCUT2D eigenvalue weighted by Crippen LogP contribution is 2.40. The van der Waals surface area contributed by atoms with Gasteiger partial charge < -0.3 is 4.42 Å². The van der Waals surface area contributed by atoms with Crippen LogP contribution >= 0.6 is 0 Å². The maximum Gasteiger partial charge on any atom is 0.164 e. The van der Waals surface area contributed by atoms with Crippen molar-refractivity contribution in [3.63, 3.8) is 0 Å². The summed E-state index contributed by atoms with van der Waals surface area (Å²) >= 11 is 0. The Balaban J connectivity index is 1.16. The summed E-state index contributed by atoms with van der Waals surface area (Å²) < 4.78 is 6.42. The molecule has 0 bridgehead atoms. The van der Waals surface area contributed by atoms with E-state index in [9.17, 15) is 0 Å². The Bertz CT molecular complexity index is 2880. The van der Waals surface area contributed by atoms with Crippen molar-refractivity contribution in [2.24, 2.45) is 0 Å². The van der Waals surface area contributed by atoms with Crippen molar-refractivity contribution in [2.45, 2.75) is 0 Å². The van der Waals surface area contributed by atoms with Crippen molar-refractivity contribution in [1.82, 2.24) is 19.9 Å². The first kappa shape index (κ1) is 27.4. The zero-order chi connectivity index (χ0) is 32.3. The van der Waals surface area contributed by atoms with E-state index >= 15 is 0 Å². The summed E-state index contributed by atoms with van der Waals surface area (Å²) in [6.45, 7) is 0. The number of hydrogen-bond donors (Lipinski definition) is 0. The Kier molecular flexibility index (Phi) is 6.11. The highest BCUT2D eigenvalue weighted by atomic mass is 16.3. The van der Waals surface area contributed by atoms with E-state index in [1.54, 1.807) is 0 Å². The zero-order valence-electron chi connectivity index (χ0n) is 26.2. The van der Waals surface area contributed by atoms with Gasteiger partial charge in [0.25, 0.3) is 0 Å². The maximum atomic E-state index is 6.42. The van der Waals surface area contributed by atoms with Crippen LogP contribution in [0.15, 0.2) is 162 Å². The highest BCUT2D eigenvalue weighted by Gasteiger charge is 2.19. The van der Waals surface area contributed by atoms with Gasteiger partial charge >= 0.3 is 0 Å². The van der Waals surface area contributed by atoms with E-state index in [4.69, 9.17) is 24.4 Å². The van der Waals surface area contributed by atoms with Crippen molar-refractivity contribution in [3.05, 3.63) is 158 Å². The van der Waals surface area contributed by atoms with Crippen molar-refractivity contribution < 1.29 is 4.42 Å². The number of nitrogens with zero attached hydrogens (tertiary/aromatic N) is 4. The van der Waals surface area contributed by atoms with Crippen LogP contribution in [-0.4, -0.2) is 19.9 Å². The smallest absolute Gasteiger partial charge is 0.164 e. The number of aromatic nitrogens is 4. The van der Waals surface area contributed by atoms with E-state index < -0.39 is 0 Å². The van der Waals surface area contributed by atoms with Crippen LogP contribution < -0.4 is 0 Å². The summed E-state index contributed by atoms with van der Waals surface area (Å²) in [4.78, 5) is 20.4. The molecule has 49 heavy (non-hydrogen) atoms. The summed E-state index contributed by atoms with van der Waals surface area (Å²) in [5.74, 6) is 1.88. The Labute approximate surface area is 281 Å². The SMILES string of the molecule is c1ccc(-c2nc(-c3ccc(-c4nc5ccccc5c5oc6ccccc6c45)cc3)nc(-c3cc4ccccc4c4ccccc34)n2)cc1. The van der Waals surface area contributed by atoms with Gasteiger partial charge in [0.2, 0.25) is 0 Å². The van der Waals surface area contributed by atoms with Crippen molar-refractivity contribution in [1.29, 1.82) is 0 Å². The van der Waals surface area contributed by atoms with Gasteiger partial charge in [-0.2, -0.15) is 0 Å². The van der Waals surface area contributed by atoms with Gasteiger partial charge in [-0.15, -0.1) is 0 Å². The number of rotatable bonds is 4. The monoisotopic (exact) mass is 626 g/mol. The molecule has 0 radical (unpaired) electrons. The van der Waals surface area contributed by atoms with Crippen molar-refractivity contribution in [3.8, 4) is 45.4 Å².